The third-order valence-corrected chi connectivity index (χ3v) is 13.8. The number of nitrogens with zero attached hydrogens (tertiary/aromatic N) is 5. The molecular weight excluding hydrogens is 671 g/mol. The lowest BCUT2D eigenvalue weighted by atomic mass is 9.57. The number of hydrogen-bond acceptors (Lipinski definition) is 4. The van der Waals surface area contributed by atoms with E-state index in [1.54, 1.807) is 5.56 Å². The summed E-state index contributed by atoms with van der Waals surface area (Å²) in [6.07, 6.45) is 3.08. The summed E-state index contributed by atoms with van der Waals surface area (Å²) in [6, 6.07) is 44.9. The molecule has 0 spiro atoms. The second-order valence-electron chi connectivity index (χ2n) is 17.6. The summed E-state index contributed by atoms with van der Waals surface area (Å²) in [5, 5.41) is 2.34. The molecular formula is C50H45N5. The molecule has 55 heavy (non-hydrogen) atoms. The van der Waals surface area contributed by atoms with Crippen molar-refractivity contribution < 1.29 is 0 Å². The predicted molar refractivity (Wildman–Crippen MR) is 226 cm³/mol. The number of rotatable bonds is 5. The minimum absolute atomic E-state index is 0.0346. The summed E-state index contributed by atoms with van der Waals surface area (Å²) < 4.78 is 2.33. The summed E-state index contributed by atoms with van der Waals surface area (Å²) in [6.45, 7) is 17.1. The minimum atomic E-state index is 0.0346. The number of aromatic nitrogens is 5. The lowest BCUT2D eigenvalue weighted by Crippen LogP contribution is -2.44. The standard InChI is InChI=1S/C50H45N5/c1-47(2)30-50(7)43-38(47)27-34(28-39(43)48(3,4)49(50,5)6)40-24-22-33(29-51-40)46-53-44(31-16-10-8-11-17-31)52-45(54-46)32-23-25-42-37(26-32)36-20-14-15-21-41(36)55(42)35-18-12-9-13-19-35/h8-29H,30H2,1-7H3. The molecule has 3 aromatic heterocycles. The first kappa shape index (κ1) is 33.6. The summed E-state index contributed by atoms with van der Waals surface area (Å²) in [5.74, 6) is 1.86. The number of pyridine rings is 1. The van der Waals surface area contributed by atoms with E-state index in [9.17, 15) is 0 Å². The first-order chi connectivity index (χ1) is 26.4. The van der Waals surface area contributed by atoms with Crippen LogP contribution in [0.1, 0.15) is 71.6 Å². The van der Waals surface area contributed by atoms with Crippen molar-refractivity contribution in [1.29, 1.82) is 0 Å². The topological polar surface area (TPSA) is 56.5 Å². The highest BCUT2D eigenvalue weighted by Gasteiger charge is 2.64. The maximum atomic E-state index is 5.13. The maximum Gasteiger partial charge on any atom is 0.165 e. The van der Waals surface area contributed by atoms with Crippen LogP contribution in [0.25, 0.3) is 72.9 Å². The molecule has 0 bridgehead atoms. The summed E-state index contributed by atoms with van der Waals surface area (Å²) >= 11 is 0. The van der Waals surface area contributed by atoms with Gasteiger partial charge in [0, 0.05) is 44.9 Å². The van der Waals surface area contributed by atoms with Crippen LogP contribution in [-0.4, -0.2) is 24.5 Å². The van der Waals surface area contributed by atoms with E-state index in [4.69, 9.17) is 19.9 Å². The maximum absolute atomic E-state index is 5.13. The smallest absolute Gasteiger partial charge is 0.165 e. The highest BCUT2D eigenvalue weighted by molar-refractivity contribution is 6.10. The van der Waals surface area contributed by atoms with Gasteiger partial charge >= 0.3 is 0 Å². The van der Waals surface area contributed by atoms with Gasteiger partial charge in [0.15, 0.2) is 17.5 Å². The number of benzene rings is 5. The molecule has 2 aliphatic rings. The molecule has 5 nitrogen and oxygen atoms in total. The lowest BCUT2D eigenvalue weighted by molar-refractivity contribution is 0.0975. The van der Waals surface area contributed by atoms with E-state index in [-0.39, 0.29) is 21.7 Å². The van der Waals surface area contributed by atoms with Gasteiger partial charge in [-0.25, -0.2) is 15.0 Å². The van der Waals surface area contributed by atoms with Gasteiger partial charge in [-0.05, 0) is 105 Å². The molecule has 0 saturated heterocycles. The zero-order chi connectivity index (χ0) is 37.9. The van der Waals surface area contributed by atoms with Crippen LogP contribution in [-0.2, 0) is 16.2 Å². The van der Waals surface area contributed by atoms with Crippen molar-refractivity contribution in [3.05, 3.63) is 150 Å². The van der Waals surface area contributed by atoms with Crippen molar-refractivity contribution in [1.82, 2.24) is 24.5 Å². The predicted octanol–water partition coefficient (Wildman–Crippen LogP) is 12.3. The summed E-state index contributed by atoms with van der Waals surface area (Å²) in [4.78, 5) is 20.3. The van der Waals surface area contributed by atoms with Crippen LogP contribution in [0.2, 0.25) is 0 Å². The first-order valence-corrected chi connectivity index (χ1v) is 19.4. The number of hydrogen-bond donors (Lipinski definition) is 0. The second kappa shape index (κ2) is 11.5. The quantitative estimate of drug-likeness (QED) is 0.178. The van der Waals surface area contributed by atoms with Gasteiger partial charge < -0.3 is 4.57 Å². The Kier molecular flexibility index (Phi) is 7.05. The molecule has 5 heteroatoms. The van der Waals surface area contributed by atoms with Gasteiger partial charge in [-0.1, -0.05) is 115 Å². The lowest BCUT2D eigenvalue weighted by Gasteiger charge is -2.47. The highest BCUT2D eigenvalue weighted by atomic mass is 15.0. The molecule has 270 valence electrons. The van der Waals surface area contributed by atoms with Gasteiger partial charge in [0.1, 0.15) is 0 Å². The van der Waals surface area contributed by atoms with Crippen molar-refractivity contribution in [3.8, 4) is 51.1 Å². The van der Waals surface area contributed by atoms with Gasteiger partial charge in [0.25, 0.3) is 0 Å². The van der Waals surface area contributed by atoms with Crippen LogP contribution in [0.3, 0.4) is 0 Å². The Morgan fingerprint density at radius 3 is 1.82 bits per heavy atom. The molecule has 3 heterocycles. The Hall–Kier alpha value is -5.94. The normalized spacial score (nSPS) is 18.9. The van der Waals surface area contributed by atoms with E-state index in [1.165, 1.54) is 22.1 Å². The molecule has 0 fully saturated rings. The Morgan fingerprint density at radius 2 is 1.11 bits per heavy atom. The van der Waals surface area contributed by atoms with Gasteiger partial charge in [-0.3, -0.25) is 4.98 Å². The third-order valence-electron chi connectivity index (χ3n) is 13.8. The van der Waals surface area contributed by atoms with Crippen LogP contribution in [0, 0.1) is 5.41 Å². The average molecular weight is 716 g/mol. The van der Waals surface area contributed by atoms with Crippen molar-refractivity contribution in [2.75, 3.05) is 0 Å². The number of para-hydroxylation sites is 2. The van der Waals surface area contributed by atoms with E-state index in [1.807, 2.05) is 36.5 Å². The fourth-order valence-electron chi connectivity index (χ4n) is 10.1. The van der Waals surface area contributed by atoms with Crippen molar-refractivity contribution >= 4 is 21.8 Å². The van der Waals surface area contributed by atoms with Crippen LogP contribution in [0.4, 0.5) is 0 Å². The van der Waals surface area contributed by atoms with Gasteiger partial charge in [0.2, 0.25) is 0 Å². The summed E-state index contributed by atoms with van der Waals surface area (Å²) in [7, 11) is 0. The molecule has 0 N–H and O–H groups in total. The van der Waals surface area contributed by atoms with Crippen LogP contribution >= 0.6 is 0 Å². The largest absolute Gasteiger partial charge is 0.309 e. The van der Waals surface area contributed by atoms with Crippen molar-refractivity contribution in [2.24, 2.45) is 5.41 Å². The fraction of sp³-hybridized carbons (Fsp3) is 0.240. The Balaban J connectivity index is 1.09. The van der Waals surface area contributed by atoms with Gasteiger partial charge in [-0.15, -0.1) is 0 Å². The summed E-state index contributed by atoms with van der Waals surface area (Å²) in [5.41, 5.74) is 13.2. The Labute approximate surface area is 323 Å². The monoisotopic (exact) mass is 715 g/mol. The molecule has 8 aromatic rings. The molecule has 1 unspecified atom stereocenters. The third kappa shape index (κ3) is 4.78. The molecule has 0 radical (unpaired) electrons. The molecule has 0 saturated carbocycles. The van der Waals surface area contributed by atoms with Crippen molar-refractivity contribution in [2.45, 2.75) is 71.1 Å². The Morgan fingerprint density at radius 1 is 0.509 bits per heavy atom. The van der Waals surface area contributed by atoms with E-state index in [0.717, 1.165) is 50.9 Å². The van der Waals surface area contributed by atoms with E-state index < -0.39 is 0 Å². The van der Waals surface area contributed by atoms with Crippen LogP contribution in [0.15, 0.2) is 134 Å². The zero-order valence-electron chi connectivity index (χ0n) is 32.6. The molecule has 10 rings (SSSR count). The molecule has 5 aromatic carbocycles. The van der Waals surface area contributed by atoms with Crippen LogP contribution in [0.5, 0.6) is 0 Å². The SMILES string of the molecule is CC1(C)CC2(C)c3c1cc(-c1ccc(-c4nc(-c5ccccc5)nc(-c5ccc6c(c5)c5ccccc5n6-c5ccccc5)n4)cn1)cc3C(C)(C)C2(C)C. The second-order valence-corrected chi connectivity index (χ2v) is 17.6. The number of fused-ring (bicyclic) bond motifs is 3. The van der Waals surface area contributed by atoms with E-state index in [0.29, 0.717) is 17.5 Å². The average Bonchev–Trinajstić information content (AvgIpc) is 3.69. The highest BCUT2D eigenvalue weighted by Crippen LogP contribution is 2.70. The Bertz CT molecular complexity index is 2810. The fourth-order valence-corrected chi connectivity index (χ4v) is 10.1. The first-order valence-electron chi connectivity index (χ1n) is 19.4. The minimum Gasteiger partial charge on any atom is -0.309 e. The molecule has 0 aliphatic heterocycles. The molecule has 1 atom stereocenters. The molecule has 0 amide bonds. The zero-order valence-corrected chi connectivity index (χ0v) is 32.6. The van der Waals surface area contributed by atoms with E-state index in [2.05, 4.69) is 150 Å². The van der Waals surface area contributed by atoms with Gasteiger partial charge in [-0.2, -0.15) is 0 Å². The van der Waals surface area contributed by atoms with Crippen LogP contribution < -0.4 is 0 Å². The van der Waals surface area contributed by atoms with Crippen molar-refractivity contribution in [3.63, 3.8) is 0 Å². The van der Waals surface area contributed by atoms with E-state index >= 15 is 0 Å². The van der Waals surface area contributed by atoms with Gasteiger partial charge in [0.05, 0.1) is 16.7 Å². The molecule has 2 aliphatic carbocycles.